The lowest BCUT2D eigenvalue weighted by molar-refractivity contribution is 0.283. The number of fused-ring (bicyclic) bond motifs is 1. The number of nitrogens with zero attached hydrogens (tertiary/aromatic N) is 1. The Labute approximate surface area is 80.2 Å². The molecule has 0 radical (unpaired) electrons. The molecule has 0 aliphatic carbocycles. The third-order valence-corrected chi connectivity index (χ3v) is 2.52. The van der Waals surface area contributed by atoms with Crippen molar-refractivity contribution in [3.63, 3.8) is 0 Å². The summed E-state index contributed by atoms with van der Waals surface area (Å²) in [5, 5.41) is 9.94. The molecular weight excluding hydrogens is 184 g/mol. The van der Waals surface area contributed by atoms with Gasteiger partial charge in [-0.2, -0.15) is 0 Å². The predicted octanol–water partition coefficient (Wildman–Crippen LogP) is 1.78. The predicted molar refractivity (Wildman–Crippen MR) is 53.8 cm³/mol. The fraction of sp³-hybridized carbons (Fsp3) is 0.222. The number of imidazole rings is 1. The van der Waals surface area contributed by atoms with Crippen LogP contribution in [0, 0.1) is 0 Å². The Kier molecular flexibility index (Phi) is 2.24. The van der Waals surface area contributed by atoms with E-state index in [1.807, 2.05) is 24.5 Å². The zero-order valence-corrected chi connectivity index (χ0v) is 8.06. The lowest BCUT2D eigenvalue weighted by atomic mass is 10.2. The Hall–Kier alpha value is -1.00. The summed E-state index contributed by atoms with van der Waals surface area (Å²) in [6.45, 7) is 0.0377. The molecule has 0 bridgehead atoms. The number of aromatic nitrogens is 2. The summed E-state index contributed by atoms with van der Waals surface area (Å²) in [4.78, 5) is 7.51. The van der Waals surface area contributed by atoms with Gasteiger partial charge in [0.05, 0.1) is 17.6 Å². The lowest BCUT2D eigenvalue weighted by Gasteiger charge is -1.94. The van der Waals surface area contributed by atoms with Crippen molar-refractivity contribution in [2.45, 2.75) is 11.8 Å². The van der Waals surface area contributed by atoms with Gasteiger partial charge in [0, 0.05) is 5.56 Å². The van der Waals surface area contributed by atoms with Gasteiger partial charge in [-0.1, -0.05) is 23.9 Å². The smallest absolute Gasteiger partial charge is 0.166 e. The van der Waals surface area contributed by atoms with Crippen LogP contribution in [0.3, 0.4) is 0 Å². The van der Waals surface area contributed by atoms with Crippen molar-refractivity contribution >= 4 is 22.8 Å². The van der Waals surface area contributed by atoms with E-state index >= 15 is 0 Å². The average Bonchev–Trinajstić information content (AvgIpc) is 2.59. The molecule has 0 spiro atoms. The van der Waals surface area contributed by atoms with E-state index < -0.39 is 0 Å². The van der Waals surface area contributed by atoms with Crippen LogP contribution in [0.25, 0.3) is 11.0 Å². The largest absolute Gasteiger partial charge is 0.392 e. The summed E-state index contributed by atoms with van der Waals surface area (Å²) in [6, 6.07) is 5.75. The SMILES string of the molecule is CSc1nc2c(CO)cccc2[nH]1. The number of H-pyrrole nitrogens is 1. The van der Waals surface area contributed by atoms with Gasteiger partial charge >= 0.3 is 0 Å². The molecule has 68 valence electrons. The molecule has 0 fully saturated rings. The van der Waals surface area contributed by atoms with Crippen molar-refractivity contribution in [2.75, 3.05) is 6.26 Å². The third-order valence-electron chi connectivity index (χ3n) is 1.94. The lowest BCUT2D eigenvalue weighted by Crippen LogP contribution is -1.83. The highest BCUT2D eigenvalue weighted by Crippen LogP contribution is 2.20. The molecule has 2 N–H and O–H groups in total. The van der Waals surface area contributed by atoms with E-state index in [1.165, 1.54) is 0 Å². The van der Waals surface area contributed by atoms with E-state index in [0.29, 0.717) is 0 Å². The van der Waals surface area contributed by atoms with Crippen LogP contribution in [0.15, 0.2) is 23.4 Å². The van der Waals surface area contributed by atoms with Gasteiger partial charge in [-0.25, -0.2) is 4.98 Å². The number of hydrogen-bond donors (Lipinski definition) is 2. The first-order chi connectivity index (χ1) is 6.35. The van der Waals surface area contributed by atoms with Crippen molar-refractivity contribution in [2.24, 2.45) is 0 Å². The second-order valence-corrected chi connectivity index (χ2v) is 3.51. The molecule has 3 nitrogen and oxygen atoms in total. The van der Waals surface area contributed by atoms with Crippen LogP contribution in [-0.4, -0.2) is 21.3 Å². The van der Waals surface area contributed by atoms with Gasteiger partial charge in [0.1, 0.15) is 0 Å². The molecule has 0 aliphatic rings. The van der Waals surface area contributed by atoms with Gasteiger partial charge in [-0.15, -0.1) is 0 Å². The quantitative estimate of drug-likeness (QED) is 0.716. The van der Waals surface area contributed by atoms with E-state index in [1.54, 1.807) is 11.8 Å². The summed E-state index contributed by atoms with van der Waals surface area (Å²) < 4.78 is 0. The second kappa shape index (κ2) is 3.40. The monoisotopic (exact) mass is 194 g/mol. The molecule has 2 aromatic rings. The number of aliphatic hydroxyl groups excluding tert-OH is 1. The van der Waals surface area contributed by atoms with Crippen molar-refractivity contribution < 1.29 is 5.11 Å². The molecule has 0 atom stereocenters. The van der Waals surface area contributed by atoms with E-state index in [-0.39, 0.29) is 6.61 Å². The molecule has 1 heterocycles. The number of aromatic amines is 1. The van der Waals surface area contributed by atoms with Gasteiger partial charge in [0.2, 0.25) is 0 Å². The summed E-state index contributed by atoms with van der Waals surface area (Å²) in [5.41, 5.74) is 2.72. The van der Waals surface area contributed by atoms with Crippen molar-refractivity contribution in [1.29, 1.82) is 0 Å². The zero-order valence-electron chi connectivity index (χ0n) is 7.24. The standard InChI is InChI=1S/C9H10N2OS/c1-13-9-10-7-4-2-3-6(5-12)8(7)11-9/h2-4,12H,5H2,1H3,(H,10,11). The first-order valence-corrected chi connectivity index (χ1v) is 5.20. The van der Waals surface area contributed by atoms with E-state index in [2.05, 4.69) is 9.97 Å². The Morgan fingerprint density at radius 3 is 3.08 bits per heavy atom. The molecule has 1 aromatic carbocycles. The number of thioether (sulfide) groups is 1. The summed E-state index contributed by atoms with van der Waals surface area (Å²) in [7, 11) is 0. The Morgan fingerprint density at radius 1 is 1.54 bits per heavy atom. The zero-order chi connectivity index (χ0) is 9.26. The summed E-state index contributed by atoms with van der Waals surface area (Å²) >= 11 is 1.57. The normalized spacial score (nSPS) is 10.9. The molecular formula is C9H10N2OS. The van der Waals surface area contributed by atoms with Gasteiger partial charge in [-0.3, -0.25) is 0 Å². The van der Waals surface area contributed by atoms with E-state index in [0.717, 1.165) is 21.8 Å². The molecule has 13 heavy (non-hydrogen) atoms. The van der Waals surface area contributed by atoms with Gasteiger partial charge in [0.15, 0.2) is 5.16 Å². The van der Waals surface area contributed by atoms with Gasteiger partial charge in [-0.05, 0) is 12.3 Å². The van der Waals surface area contributed by atoms with Crippen molar-refractivity contribution in [3.05, 3.63) is 23.8 Å². The third kappa shape index (κ3) is 1.43. The van der Waals surface area contributed by atoms with Gasteiger partial charge in [0.25, 0.3) is 0 Å². The topological polar surface area (TPSA) is 48.9 Å². The molecule has 0 saturated heterocycles. The van der Waals surface area contributed by atoms with Crippen LogP contribution >= 0.6 is 11.8 Å². The number of aliphatic hydroxyl groups is 1. The highest BCUT2D eigenvalue weighted by molar-refractivity contribution is 7.98. The number of hydrogen-bond acceptors (Lipinski definition) is 3. The Morgan fingerprint density at radius 2 is 2.38 bits per heavy atom. The van der Waals surface area contributed by atoms with Gasteiger partial charge < -0.3 is 10.1 Å². The highest BCUT2D eigenvalue weighted by Gasteiger charge is 2.04. The molecule has 0 amide bonds. The van der Waals surface area contributed by atoms with Crippen LogP contribution in [-0.2, 0) is 6.61 Å². The maximum absolute atomic E-state index is 9.06. The molecule has 0 unspecified atom stereocenters. The van der Waals surface area contributed by atoms with Crippen molar-refractivity contribution in [1.82, 2.24) is 9.97 Å². The minimum atomic E-state index is 0.0377. The number of para-hydroxylation sites is 1. The first kappa shape index (κ1) is 8.59. The average molecular weight is 194 g/mol. The fourth-order valence-electron chi connectivity index (χ4n) is 1.29. The summed E-state index contributed by atoms with van der Waals surface area (Å²) in [5.74, 6) is 0. The Bertz CT molecular complexity index is 424. The molecule has 0 saturated carbocycles. The minimum Gasteiger partial charge on any atom is -0.392 e. The molecule has 1 aromatic heterocycles. The highest BCUT2D eigenvalue weighted by atomic mass is 32.2. The number of nitrogens with one attached hydrogen (secondary N) is 1. The van der Waals surface area contributed by atoms with E-state index in [9.17, 15) is 0 Å². The molecule has 4 heteroatoms. The minimum absolute atomic E-state index is 0.0377. The maximum Gasteiger partial charge on any atom is 0.166 e. The Balaban J connectivity index is 2.67. The summed E-state index contributed by atoms with van der Waals surface area (Å²) in [6.07, 6.45) is 1.97. The fourth-order valence-corrected chi connectivity index (χ4v) is 1.69. The maximum atomic E-state index is 9.06. The van der Waals surface area contributed by atoms with Crippen LogP contribution in [0.4, 0.5) is 0 Å². The molecule has 0 aliphatic heterocycles. The van der Waals surface area contributed by atoms with E-state index in [4.69, 9.17) is 5.11 Å². The number of rotatable bonds is 2. The first-order valence-electron chi connectivity index (χ1n) is 3.97. The van der Waals surface area contributed by atoms with Crippen LogP contribution in [0.2, 0.25) is 0 Å². The molecule has 2 rings (SSSR count). The van der Waals surface area contributed by atoms with Crippen LogP contribution < -0.4 is 0 Å². The van der Waals surface area contributed by atoms with Crippen LogP contribution in [0.1, 0.15) is 5.56 Å². The van der Waals surface area contributed by atoms with Crippen molar-refractivity contribution in [3.8, 4) is 0 Å². The van der Waals surface area contributed by atoms with Crippen LogP contribution in [0.5, 0.6) is 0 Å². The second-order valence-electron chi connectivity index (χ2n) is 2.72. The number of benzene rings is 1.